The first kappa shape index (κ1) is 38.5. The number of thiophene rings is 1. The number of para-hydroxylation sites is 1. The predicted molar refractivity (Wildman–Crippen MR) is 216 cm³/mol. The number of hydrogen-bond acceptors (Lipinski definition) is 12. The van der Waals surface area contributed by atoms with Gasteiger partial charge in [-0.25, -0.2) is 29.1 Å². The number of carboxylic acids is 1. The van der Waals surface area contributed by atoms with Crippen molar-refractivity contribution in [1.82, 2.24) is 19.9 Å². The molecular weight excluding hydrogens is 787 g/mol. The van der Waals surface area contributed by atoms with Gasteiger partial charge in [0.1, 0.15) is 53.2 Å². The van der Waals surface area contributed by atoms with Crippen LogP contribution in [0.1, 0.15) is 16.8 Å². The summed E-state index contributed by atoms with van der Waals surface area (Å²) in [6.07, 6.45) is 0.442. The van der Waals surface area contributed by atoms with Crippen molar-refractivity contribution in [3.05, 3.63) is 125 Å². The Labute approximate surface area is 340 Å². The second-order valence-electron chi connectivity index (χ2n) is 13.2. The van der Waals surface area contributed by atoms with Gasteiger partial charge < -0.3 is 33.9 Å². The number of carboxylic acid groups (broad SMARTS) is 1. The third-order valence-corrected chi connectivity index (χ3v) is 11.1. The van der Waals surface area contributed by atoms with E-state index in [0.717, 1.165) is 0 Å². The predicted octanol–water partition coefficient (Wildman–Crippen LogP) is 8.38. The fraction of sp³-hybridized carbons (Fsp3) is 0.186. The summed E-state index contributed by atoms with van der Waals surface area (Å²) in [7, 11) is 1.57. The molecule has 3 aromatic heterocycles. The molecule has 9 rings (SSSR count). The Balaban J connectivity index is 1.22. The Kier molecular flexibility index (Phi) is 11.0. The Morgan fingerprint density at radius 1 is 0.983 bits per heavy atom. The Hall–Kier alpha value is -6.35. The highest BCUT2D eigenvalue weighted by Gasteiger charge is 2.29. The average Bonchev–Trinajstić information content (AvgIpc) is 3.63. The second kappa shape index (κ2) is 16.6. The normalized spacial score (nSPS) is 15.2. The summed E-state index contributed by atoms with van der Waals surface area (Å²) in [6, 6.07) is 23.6. The van der Waals surface area contributed by atoms with E-state index in [9.17, 15) is 19.4 Å². The van der Waals surface area contributed by atoms with Crippen LogP contribution in [0.4, 0.5) is 4.39 Å². The van der Waals surface area contributed by atoms with Crippen molar-refractivity contribution >= 4 is 39.1 Å². The van der Waals surface area contributed by atoms with E-state index >= 15 is 0 Å². The van der Waals surface area contributed by atoms with Crippen LogP contribution >= 0.6 is 22.9 Å². The number of nitrogens with zero attached hydrogens (tertiary/aromatic N) is 4. The van der Waals surface area contributed by atoms with Crippen molar-refractivity contribution in [2.24, 2.45) is 0 Å². The van der Waals surface area contributed by atoms with Crippen LogP contribution in [0.3, 0.4) is 0 Å². The molecule has 12 nitrogen and oxygen atoms in total. The Morgan fingerprint density at radius 2 is 1.81 bits per heavy atom. The highest BCUT2D eigenvalue weighted by Crippen LogP contribution is 2.49. The van der Waals surface area contributed by atoms with Crippen molar-refractivity contribution < 1.29 is 43.1 Å². The van der Waals surface area contributed by atoms with Crippen LogP contribution in [0.15, 0.2) is 97.5 Å². The molecule has 2 aliphatic heterocycles. The van der Waals surface area contributed by atoms with Gasteiger partial charge in [0.15, 0.2) is 11.9 Å². The number of ether oxygens (including phenoxy) is 5. The van der Waals surface area contributed by atoms with Crippen molar-refractivity contribution in [1.29, 1.82) is 0 Å². The van der Waals surface area contributed by atoms with Gasteiger partial charge in [-0.05, 0) is 78.2 Å². The minimum atomic E-state index is -1.48. The van der Waals surface area contributed by atoms with E-state index in [2.05, 4.69) is 19.9 Å². The van der Waals surface area contributed by atoms with E-state index < -0.39 is 30.6 Å². The summed E-state index contributed by atoms with van der Waals surface area (Å²) in [5, 5.41) is 21.7. The van der Waals surface area contributed by atoms with Crippen LogP contribution in [-0.4, -0.2) is 68.6 Å². The number of aliphatic hydroxyl groups excluding tert-OH is 1. The van der Waals surface area contributed by atoms with Crippen LogP contribution in [0.5, 0.6) is 28.9 Å². The summed E-state index contributed by atoms with van der Waals surface area (Å²) in [5.41, 5.74) is 4.34. The van der Waals surface area contributed by atoms with E-state index in [-0.39, 0.29) is 25.5 Å². The first-order valence-corrected chi connectivity index (χ1v) is 19.2. The number of benzene rings is 4. The second-order valence-corrected chi connectivity index (χ2v) is 14.6. The van der Waals surface area contributed by atoms with Gasteiger partial charge in [-0.3, -0.25) is 0 Å². The maximum atomic E-state index is 14.1. The molecule has 15 heteroatoms. The lowest BCUT2D eigenvalue weighted by Crippen LogP contribution is -2.30. The third-order valence-electron chi connectivity index (χ3n) is 9.51. The number of rotatable bonds is 8. The van der Waals surface area contributed by atoms with E-state index in [4.69, 9.17) is 35.3 Å². The Bertz CT molecular complexity index is 2640. The minimum absolute atomic E-state index is 0.0118. The van der Waals surface area contributed by atoms with Crippen LogP contribution < -0.4 is 23.7 Å². The SMILES string of the molecule is COc1ccccc1-c1nccc(COc2ccc3cc2C[C@H](C(=O)O)Oc2ncnc4sc(-c5ccc(F)cc5)c(c24)-c2ccc(c(Cl)c2C)OC[C@H](CO)O3)n1. The van der Waals surface area contributed by atoms with Crippen molar-refractivity contribution in [2.45, 2.75) is 32.2 Å². The van der Waals surface area contributed by atoms with Crippen LogP contribution in [0.25, 0.3) is 43.2 Å². The lowest BCUT2D eigenvalue weighted by Gasteiger charge is -2.21. The number of aliphatic hydroxyl groups is 1. The van der Waals surface area contributed by atoms with Gasteiger partial charge in [0.25, 0.3) is 0 Å². The summed E-state index contributed by atoms with van der Waals surface area (Å²) in [6.45, 7) is 1.38. The molecule has 4 aromatic carbocycles. The number of carbonyl (C=O) groups is 1. The fourth-order valence-electron chi connectivity index (χ4n) is 6.63. The number of fused-ring (bicyclic) bond motifs is 7. The van der Waals surface area contributed by atoms with Gasteiger partial charge in [0, 0.05) is 28.6 Å². The zero-order valence-electron chi connectivity index (χ0n) is 31.0. The summed E-state index contributed by atoms with van der Waals surface area (Å²) in [5.74, 6) is 0.452. The summed E-state index contributed by atoms with van der Waals surface area (Å²) in [4.78, 5) is 32.4. The molecule has 0 unspecified atom stereocenters. The smallest absolute Gasteiger partial charge is 0.345 e. The number of methoxy groups -OCH3 is 1. The van der Waals surface area contributed by atoms with E-state index in [1.165, 1.54) is 29.8 Å². The highest BCUT2D eigenvalue weighted by molar-refractivity contribution is 7.22. The molecule has 0 fully saturated rings. The summed E-state index contributed by atoms with van der Waals surface area (Å²) >= 11 is 8.28. The van der Waals surface area contributed by atoms with Crippen molar-refractivity contribution in [2.75, 3.05) is 20.3 Å². The minimum Gasteiger partial charge on any atom is -0.496 e. The first-order chi connectivity index (χ1) is 28.2. The molecule has 0 radical (unpaired) electrons. The first-order valence-electron chi connectivity index (χ1n) is 18.0. The van der Waals surface area contributed by atoms with Crippen molar-refractivity contribution in [3.8, 4) is 61.8 Å². The topological polar surface area (TPSA) is 155 Å². The Morgan fingerprint density at radius 3 is 2.60 bits per heavy atom. The van der Waals surface area contributed by atoms with Gasteiger partial charge >= 0.3 is 5.97 Å². The molecule has 0 saturated carbocycles. The molecule has 2 atom stereocenters. The summed E-state index contributed by atoms with van der Waals surface area (Å²) < 4.78 is 44.5. The molecule has 294 valence electrons. The van der Waals surface area contributed by atoms with Crippen molar-refractivity contribution in [3.63, 3.8) is 0 Å². The van der Waals surface area contributed by atoms with Gasteiger partial charge in [-0.2, -0.15) is 0 Å². The number of aromatic nitrogens is 4. The number of halogens is 2. The fourth-order valence-corrected chi connectivity index (χ4v) is 8.00. The molecule has 0 saturated heterocycles. The molecule has 4 bridgehead atoms. The largest absolute Gasteiger partial charge is 0.496 e. The maximum absolute atomic E-state index is 14.1. The number of hydrogen-bond donors (Lipinski definition) is 2. The molecule has 7 aromatic rings. The molecule has 5 heterocycles. The van der Waals surface area contributed by atoms with E-state index in [0.29, 0.717) is 88.0 Å². The molecule has 58 heavy (non-hydrogen) atoms. The maximum Gasteiger partial charge on any atom is 0.345 e. The standard InChI is InChI=1S/C43H34ClFN4O8S/c1-23-30-12-14-34(38(23)44)55-21-29(19-50)56-28-11-13-32(54-20-27-15-16-46-40(49-27)31-5-3-4-6-33(31)53-2)25(17-28)18-35(43(51)52)57-41-37-36(30)39(58-42(37)48-22-47-41)24-7-9-26(45)10-8-24/h3-17,22,29,35,50H,18-21H2,1-2H3,(H,51,52)/t29-,35+/m0/s1. The van der Waals surface area contributed by atoms with Crippen LogP contribution in [0, 0.1) is 12.7 Å². The zero-order chi connectivity index (χ0) is 40.3. The quantitative estimate of drug-likeness (QED) is 0.151. The molecule has 2 N–H and O–H groups in total. The van der Waals surface area contributed by atoms with Gasteiger partial charge in [-0.15, -0.1) is 11.3 Å². The zero-order valence-corrected chi connectivity index (χ0v) is 32.6. The molecule has 0 amide bonds. The van der Waals surface area contributed by atoms with Gasteiger partial charge in [0.2, 0.25) is 12.0 Å². The lowest BCUT2D eigenvalue weighted by atomic mass is 9.96. The number of aliphatic carboxylic acids is 1. The van der Waals surface area contributed by atoms with Crippen LogP contribution in [-0.2, 0) is 17.8 Å². The highest BCUT2D eigenvalue weighted by atomic mass is 35.5. The molecule has 2 aliphatic rings. The lowest BCUT2D eigenvalue weighted by molar-refractivity contribution is -0.145. The molecule has 0 aliphatic carbocycles. The van der Waals surface area contributed by atoms with Gasteiger partial charge in [-0.1, -0.05) is 41.9 Å². The third kappa shape index (κ3) is 7.81. The van der Waals surface area contributed by atoms with E-state index in [1.54, 1.807) is 55.8 Å². The monoisotopic (exact) mass is 820 g/mol. The van der Waals surface area contributed by atoms with E-state index in [1.807, 2.05) is 37.3 Å². The van der Waals surface area contributed by atoms with Crippen LogP contribution in [0.2, 0.25) is 5.02 Å². The van der Waals surface area contributed by atoms with Gasteiger partial charge in [0.05, 0.1) is 35.4 Å². The average molecular weight is 821 g/mol. The molecule has 0 spiro atoms. The molecular formula is C43H34ClFN4O8S.